The largest absolute Gasteiger partial charge is 0.481 e. The van der Waals surface area contributed by atoms with Gasteiger partial charge in [0.2, 0.25) is 0 Å². The summed E-state index contributed by atoms with van der Waals surface area (Å²) in [6.07, 6.45) is 3.60. The predicted molar refractivity (Wildman–Crippen MR) is 78.6 cm³/mol. The van der Waals surface area contributed by atoms with E-state index in [0.717, 1.165) is 6.54 Å². The molecule has 1 atom stereocenters. The maximum atomic E-state index is 12.3. The lowest BCUT2D eigenvalue weighted by atomic mass is 9.84. The Morgan fingerprint density at radius 3 is 2.30 bits per heavy atom. The summed E-state index contributed by atoms with van der Waals surface area (Å²) in [4.78, 5) is 25.1. The molecule has 1 fully saturated rings. The summed E-state index contributed by atoms with van der Waals surface area (Å²) >= 11 is 0. The molecule has 0 aromatic carbocycles. The van der Waals surface area contributed by atoms with Gasteiger partial charge < -0.3 is 15.3 Å². The zero-order valence-electron chi connectivity index (χ0n) is 13.1. The number of urea groups is 1. The van der Waals surface area contributed by atoms with Crippen molar-refractivity contribution in [2.45, 2.75) is 59.4 Å². The molecule has 0 aliphatic heterocycles. The molecule has 0 heterocycles. The van der Waals surface area contributed by atoms with Gasteiger partial charge in [0, 0.05) is 19.1 Å². The highest BCUT2D eigenvalue weighted by atomic mass is 16.4. The van der Waals surface area contributed by atoms with Gasteiger partial charge in [-0.25, -0.2) is 4.79 Å². The lowest BCUT2D eigenvalue weighted by molar-refractivity contribution is -0.138. The molecule has 5 nitrogen and oxygen atoms in total. The zero-order chi connectivity index (χ0) is 15.3. The van der Waals surface area contributed by atoms with E-state index < -0.39 is 5.97 Å². The molecule has 1 aliphatic carbocycles. The first kappa shape index (κ1) is 16.8. The SMILES string of the molecule is CCN(CC1CCC1)C(=O)NC(CC(=O)O)C(C)(C)C. The maximum Gasteiger partial charge on any atom is 0.317 e. The van der Waals surface area contributed by atoms with Crippen molar-refractivity contribution >= 4 is 12.0 Å². The molecule has 0 aromatic rings. The van der Waals surface area contributed by atoms with Gasteiger partial charge >= 0.3 is 12.0 Å². The van der Waals surface area contributed by atoms with Crippen molar-refractivity contribution in [3.63, 3.8) is 0 Å². The van der Waals surface area contributed by atoms with Gasteiger partial charge in [-0.05, 0) is 31.1 Å². The first-order chi connectivity index (χ1) is 9.24. The summed E-state index contributed by atoms with van der Waals surface area (Å²) in [5, 5.41) is 11.9. The Labute approximate surface area is 121 Å². The molecule has 20 heavy (non-hydrogen) atoms. The predicted octanol–water partition coefficient (Wildman–Crippen LogP) is 2.71. The average molecular weight is 284 g/mol. The van der Waals surface area contributed by atoms with Gasteiger partial charge in [0.1, 0.15) is 0 Å². The van der Waals surface area contributed by atoms with Crippen LogP contribution in [0.5, 0.6) is 0 Å². The van der Waals surface area contributed by atoms with Crippen LogP contribution in [-0.2, 0) is 4.79 Å². The number of hydrogen-bond acceptors (Lipinski definition) is 2. The Bertz CT molecular complexity index is 346. The highest BCUT2D eigenvalue weighted by molar-refractivity contribution is 5.76. The van der Waals surface area contributed by atoms with Crippen molar-refractivity contribution in [1.29, 1.82) is 0 Å². The third-order valence-electron chi connectivity index (χ3n) is 4.09. The number of nitrogens with zero attached hydrogens (tertiary/aromatic N) is 1. The highest BCUT2D eigenvalue weighted by Crippen LogP contribution is 2.27. The molecule has 1 aliphatic rings. The third-order valence-corrected chi connectivity index (χ3v) is 4.09. The molecule has 1 unspecified atom stereocenters. The molecular formula is C15H28N2O3. The molecule has 116 valence electrons. The van der Waals surface area contributed by atoms with E-state index in [9.17, 15) is 9.59 Å². The molecule has 0 saturated heterocycles. The van der Waals surface area contributed by atoms with Gasteiger partial charge in [-0.3, -0.25) is 4.79 Å². The van der Waals surface area contributed by atoms with Crippen LogP contribution in [-0.4, -0.2) is 41.1 Å². The molecule has 5 heteroatoms. The van der Waals surface area contributed by atoms with E-state index in [1.807, 2.05) is 27.7 Å². The van der Waals surface area contributed by atoms with Crippen LogP contribution in [0.25, 0.3) is 0 Å². The van der Waals surface area contributed by atoms with E-state index >= 15 is 0 Å². The Morgan fingerprint density at radius 1 is 1.35 bits per heavy atom. The monoisotopic (exact) mass is 284 g/mol. The van der Waals surface area contributed by atoms with Crippen molar-refractivity contribution in [3.05, 3.63) is 0 Å². The van der Waals surface area contributed by atoms with Crippen molar-refractivity contribution < 1.29 is 14.7 Å². The summed E-state index contributed by atoms with van der Waals surface area (Å²) in [5.74, 6) is -0.263. The van der Waals surface area contributed by atoms with E-state index in [1.165, 1.54) is 19.3 Å². The number of carboxylic acids is 1. The van der Waals surface area contributed by atoms with Gasteiger partial charge in [0.05, 0.1) is 6.42 Å². The fourth-order valence-electron chi connectivity index (χ4n) is 2.33. The van der Waals surface area contributed by atoms with Crippen molar-refractivity contribution in [2.75, 3.05) is 13.1 Å². The molecule has 2 amide bonds. The second-order valence-corrected chi connectivity index (χ2v) is 6.80. The Balaban J connectivity index is 2.60. The highest BCUT2D eigenvalue weighted by Gasteiger charge is 2.30. The van der Waals surface area contributed by atoms with Crippen molar-refractivity contribution in [1.82, 2.24) is 10.2 Å². The Morgan fingerprint density at radius 2 is 1.95 bits per heavy atom. The smallest absolute Gasteiger partial charge is 0.317 e. The van der Waals surface area contributed by atoms with Gasteiger partial charge in [-0.1, -0.05) is 27.2 Å². The van der Waals surface area contributed by atoms with E-state index in [2.05, 4.69) is 5.32 Å². The number of carboxylic acid groups (broad SMARTS) is 1. The maximum absolute atomic E-state index is 12.3. The van der Waals surface area contributed by atoms with Crippen LogP contribution in [0.2, 0.25) is 0 Å². The van der Waals surface area contributed by atoms with Crippen molar-refractivity contribution in [2.24, 2.45) is 11.3 Å². The number of nitrogens with one attached hydrogen (secondary N) is 1. The van der Waals surface area contributed by atoms with Crippen LogP contribution in [0.1, 0.15) is 53.4 Å². The number of carbonyl (C=O) groups is 2. The first-order valence-corrected chi connectivity index (χ1v) is 7.51. The quantitative estimate of drug-likeness (QED) is 0.788. The van der Waals surface area contributed by atoms with Crippen LogP contribution in [0.4, 0.5) is 4.79 Å². The molecule has 0 aromatic heterocycles. The van der Waals surface area contributed by atoms with Crippen molar-refractivity contribution in [3.8, 4) is 0 Å². The van der Waals surface area contributed by atoms with Crippen LogP contribution in [0, 0.1) is 11.3 Å². The van der Waals surface area contributed by atoms with E-state index in [-0.39, 0.29) is 23.9 Å². The average Bonchev–Trinajstić information content (AvgIpc) is 2.24. The Hall–Kier alpha value is -1.26. The van der Waals surface area contributed by atoms with Crippen LogP contribution in [0.15, 0.2) is 0 Å². The molecule has 2 N–H and O–H groups in total. The van der Waals surface area contributed by atoms with Gasteiger partial charge in [-0.15, -0.1) is 0 Å². The number of carbonyl (C=O) groups excluding carboxylic acids is 1. The normalized spacial score (nSPS) is 17.2. The topological polar surface area (TPSA) is 69.6 Å². The number of amides is 2. The van der Waals surface area contributed by atoms with Gasteiger partial charge in [-0.2, -0.15) is 0 Å². The second-order valence-electron chi connectivity index (χ2n) is 6.80. The summed E-state index contributed by atoms with van der Waals surface area (Å²) < 4.78 is 0. The van der Waals surface area contributed by atoms with Crippen LogP contribution < -0.4 is 5.32 Å². The lowest BCUT2D eigenvalue weighted by Gasteiger charge is -2.35. The fourth-order valence-corrected chi connectivity index (χ4v) is 2.33. The summed E-state index contributed by atoms with van der Waals surface area (Å²) in [6.45, 7) is 9.25. The first-order valence-electron chi connectivity index (χ1n) is 7.51. The minimum absolute atomic E-state index is 0.0454. The fraction of sp³-hybridized carbons (Fsp3) is 0.867. The number of rotatable bonds is 6. The zero-order valence-corrected chi connectivity index (χ0v) is 13.1. The summed E-state index contributed by atoms with van der Waals surface area (Å²) in [7, 11) is 0. The number of aliphatic carboxylic acids is 1. The minimum atomic E-state index is -0.882. The van der Waals surface area contributed by atoms with Gasteiger partial charge in [0.15, 0.2) is 0 Å². The summed E-state index contributed by atoms with van der Waals surface area (Å²) in [5.41, 5.74) is -0.274. The lowest BCUT2D eigenvalue weighted by Crippen LogP contribution is -2.51. The minimum Gasteiger partial charge on any atom is -0.481 e. The van der Waals surface area contributed by atoms with Crippen LogP contribution in [0.3, 0.4) is 0 Å². The molecule has 0 bridgehead atoms. The molecule has 0 spiro atoms. The molecule has 0 radical (unpaired) electrons. The molecule has 1 saturated carbocycles. The standard InChI is InChI=1S/C15H28N2O3/c1-5-17(10-11-7-6-8-11)14(20)16-12(9-13(18)19)15(2,3)4/h11-12H,5-10H2,1-4H3,(H,16,20)(H,18,19). The molecular weight excluding hydrogens is 256 g/mol. The van der Waals surface area contributed by atoms with Gasteiger partial charge in [0.25, 0.3) is 0 Å². The van der Waals surface area contributed by atoms with E-state index in [4.69, 9.17) is 5.11 Å². The van der Waals surface area contributed by atoms with E-state index in [1.54, 1.807) is 4.90 Å². The second kappa shape index (κ2) is 6.95. The van der Waals surface area contributed by atoms with E-state index in [0.29, 0.717) is 12.5 Å². The Kier molecular flexibility index (Phi) is 5.84. The number of hydrogen-bond donors (Lipinski definition) is 2. The van der Waals surface area contributed by atoms with Crippen LogP contribution >= 0.6 is 0 Å². The molecule has 1 rings (SSSR count). The third kappa shape index (κ3) is 5.02. The summed E-state index contributed by atoms with van der Waals surface area (Å²) in [6, 6.07) is -0.497.